The number of ether oxygens (including phenoxy) is 2. The van der Waals surface area contributed by atoms with E-state index in [1.165, 1.54) is 14.2 Å². The molecule has 0 aromatic heterocycles. The Morgan fingerprint density at radius 3 is 1.30 bits per heavy atom. The van der Waals surface area contributed by atoms with E-state index in [1.54, 1.807) is 0 Å². The maximum atomic E-state index is 6.05. The van der Waals surface area contributed by atoms with Crippen molar-refractivity contribution in [2.75, 3.05) is 14.2 Å². The van der Waals surface area contributed by atoms with Gasteiger partial charge in [-0.3, -0.25) is 31.9 Å². The maximum absolute atomic E-state index is 6.05. The summed E-state index contributed by atoms with van der Waals surface area (Å²) in [6, 6.07) is 0. The SMILES string of the molecule is COC(N)NC(N)N1C23C14C21N(C(N)NC(N)OC)C341. The highest BCUT2D eigenvalue weighted by atomic mass is 16.5. The standard InChI is InChI=1S/C10H20N8O2/c1-19-5(13)15-3(11)17-7-8(17)9(7)10(7,8)18(9)4(12)16-6(14)20-2/h3-6,15-16H,11-14H2,1-2H3. The minimum absolute atomic E-state index is 0.263. The average Bonchev–Trinajstić information content (AvgIpc) is 3.23. The van der Waals surface area contributed by atoms with Crippen LogP contribution in [0.25, 0.3) is 0 Å². The lowest BCUT2D eigenvalue weighted by atomic mass is 10.3. The van der Waals surface area contributed by atoms with Crippen LogP contribution < -0.4 is 33.6 Å². The molecular weight excluding hydrogens is 264 g/mol. The molecule has 0 aromatic carbocycles. The third-order valence-corrected chi connectivity index (χ3v) is 5.97. The molecule has 2 heterocycles. The van der Waals surface area contributed by atoms with Gasteiger partial charge in [-0.05, 0) is 0 Å². The van der Waals surface area contributed by atoms with Crippen molar-refractivity contribution >= 4 is 0 Å². The van der Waals surface area contributed by atoms with Gasteiger partial charge in [-0.15, -0.1) is 0 Å². The summed E-state index contributed by atoms with van der Waals surface area (Å²) in [6.07, 6.45) is -1.61. The van der Waals surface area contributed by atoms with Crippen molar-refractivity contribution in [3.8, 4) is 0 Å². The van der Waals surface area contributed by atoms with Gasteiger partial charge < -0.3 is 20.9 Å². The van der Waals surface area contributed by atoms with Gasteiger partial charge in [-0.1, -0.05) is 0 Å². The van der Waals surface area contributed by atoms with Crippen LogP contribution in [0.5, 0.6) is 0 Å². The second-order valence-electron chi connectivity index (χ2n) is 6.12. The summed E-state index contributed by atoms with van der Waals surface area (Å²) in [7, 11) is 3.08. The molecular formula is C10H20N8O2. The largest absolute Gasteiger partial charge is 0.353 e. The third-order valence-electron chi connectivity index (χ3n) is 5.97. The molecule has 0 radical (unpaired) electrons. The Labute approximate surface area is 115 Å². The van der Waals surface area contributed by atoms with E-state index in [4.69, 9.17) is 32.4 Å². The molecule has 0 bridgehead atoms. The first-order chi connectivity index (χ1) is 9.49. The van der Waals surface area contributed by atoms with Gasteiger partial charge in [-0.25, -0.2) is 0 Å². The van der Waals surface area contributed by atoms with Crippen molar-refractivity contribution in [1.29, 1.82) is 0 Å². The number of methoxy groups -OCH3 is 2. The molecule has 4 saturated carbocycles. The van der Waals surface area contributed by atoms with Crippen molar-refractivity contribution in [2.24, 2.45) is 22.9 Å². The Morgan fingerprint density at radius 2 is 1.05 bits per heavy atom. The molecule has 4 spiro atoms. The Hall–Kier alpha value is -0.400. The van der Waals surface area contributed by atoms with Gasteiger partial charge in [0.05, 0.1) is 22.2 Å². The first kappa shape index (κ1) is 12.2. The van der Waals surface area contributed by atoms with Gasteiger partial charge in [0.1, 0.15) is 12.6 Å². The summed E-state index contributed by atoms with van der Waals surface area (Å²) in [5.74, 6) is 0. The minimum Gasteiger partial charge on any atom is -0.353 e. The first-order valence-corrected chi connectivity index (χ1v) is 6.69. The molecule has 4 atom stereocenters. The van der Waals surface area contributed by atoms with Gasteiger partial charge in [0, 0.05) is 14.2 Å². The summed E-state index contributed by atoms with van der Waals surface area (Å²) in [5, 5.41) is 5.98. The lowest BCUT2D eigenvalue weighted by Gasteiger charge is -2.38. The van der Waals surface area contributed by atoms with Gasteiger partial charge in [0.15, 0.2) is 12.7 Å². The molecule has 6 fully saturated rings. The number of hydrogen-bond acceptors (Lipinski definition) is 10. The monoisotopic (exact) mass is 284 g/mol. The molecule has 0 aromatic rings. The number of hydrogen-bond donors (Lipinski definition) is 6. The van der Waals surface area contributed by atoms with E-state index in [-0.39, 0.29) is 34.7 Å². The zero-order chi connectivity index (χ0) is 14.3. The predicted octanol–water partition coefficient (Wildman–Crippen LogP) is -4.95. The molecule has 0 amide bonds. The fourth-order valence-corrected chi connectivity index (χ4v) is 5.27. The number of likely N-dealkylation sites (tertiary alicyclic amines) is 2. The maximum Gasteiger partial charge on any atom is 0.162 e. The molecule has 10 N–H and O–H groups in total. The van der Waals surface area contributed by atoms with E-state index in [0.717, 1.165) is 0 Å². The van der Waals surface area contributed by atoms with Crippen LogP contribution in [0, 0.1) is 0 Å². The summed E-state index contributed by atoms with van der Waals surface area (Å²) >= 11 is 0. The van der Waals surface area contributed by atoms with Crippen LogP contribution in [0.3, 0.4) is 0 Å². The summed E-state index contributed by atoms with van der Waals surface area (Å²) in [4.78, 5) is 4.50. The van der Waals surface area contributed by atoms with Crippen molar-refractivity contribution in [1.82, 2.24) is 20.4 Å². The lowest BCUT2D eigenvalue weighted by Crippen LogP contribution is -2.66. The highest BCUT2D eigenvalue weighted by molar-refractivity contribution is 6.23. The number of nitrogens with zero attached hydrogens (tertiary/aromatic N) is 2. The summed E-state index contributed by atoms with van der Waals surface area (Å²) in [6.45, 7) is 0. The summed E-state index contributed by atoms with van der Waals surface area (Å²) < 4.78 is 9.89. The van der Waals surface area contributed by atoms with Gasteiger partial charge >= 0.3 is 0 Å². The molecule has 20 heavy (non-hydrogen) atoms. The van der Waals surface area contributed by atoms with E-state index in [2.05, 4.69) is 20.4 Å². The topological polar surface area (TPSA) is 153 Å². The van der Waals surface area contributed by atoms with Crippen molar-refractivity contribution in [3.63, 3.8) is 0 Å². The molecule has 6 rings (SSSR count). The number of nitrogens with one attached hydrogen (secondary N) is 2. The average molecular weight is 284 g/mol. The number of nitrogens with two attached hydrogens (primary N) is 4. The molecule has 10 heteroatoms. The zero-order valence-electron chi connectivity index (χ0n) is 11.3. The van der Waals surface area contributed by atoms with Crippen LogP contribution >= 0.6 is 0 Å². The molecule has 4 aliphatic carbocycles. The Bertz CT molecular complexity index is 423. The van der Waals surface area contributed by atoms with E-state index in [0.29, 0.717) is 0 Å². The Kier molecular flexibility index (Phi) is 1.69. The fourth-order valence-electron chi connectivity index (χ4n) is 5.27. The van der Waals surface area contributed by atoms with E-state index in [1.807, 2.05) is 0 Å². The summed E-state index contributed by atoms with van der Waals surface area (Å²) in [5.41, 5.74) is 24.5. The van der Waals surface area contributed by atoms with Crippen LogP contribution in [-0.2, 0) is 9.47 Å². The normalized spacial score (nSPS) is 63.3. The van der Waals surface area contributed by atoms with Crippen LogP contribution in [0.4, 0.5) is 0 Å². The molecule has 2 saturated heterocycles. The van der Waals surface area contributed by atoms with Gasteiger partial charge in [0.2, 0.25) is 0 Å². The number of piperazine rings is 1. The van der Waals surface area contributed by atoms with E-state index in [9.17, 15) is 0 Å². The van der Waals surface area contributed by atoms with E-state index < -0.39 is 12.7 Å². The molecule has 6 aliphatic rings. The van der Waals surface area contributed by atoms with Crippen LogP contribution in [0.15, 0.2) is 0 Å². The third kappa shape index (κ3) is 0.662. The highest BCUT2D eigenvalue weighted by Gasteiger charge is 3.65. The molecule has 112 valence electrons. The Balaban J connectivity index is 1.17. The van der Waals surface area contributed by atoms with Gasteiger partial charge in [-0.2, -0.15) is 0 Å². The Morgan fingerprint density at radius 1 is 0.750 bits per heavy atom. The smallest absolute Gasteiger partial charge is 0.162 e. The van der Waals surface area contributed by atoms with Crippen LogP contribution in [-0.4, -0.2) is 71.5 Å². The molecule has 4 unspecified atom stereocenters. The van der Waals surface area contributed by atoms with Crippen molar-refractivity contribution < 1.29 is 9.47 Å². The van der Waals surface area contributed by atoms with E-state index >= 15 is 0 Å². The first-order valence-electron chi connectivity index (χ1n) is 6.69. The van der Waals surface area contributed by atoms with Crippen LogP contribution in [0.2, 0.25) is 0 Å². The minimum atomic E-state index is -0.543. The highest BCUT2D eigenvalue weighted by Crippen LogP contribution is 3.39. The number of rotatable bonds is 8. The quantitative estimate of drug-likeness (QED) is 0.189. The van der Waals surface area contributed by atoms with Crippen LogP contribution in [0.1, 0.15) is 0 Å². The van der Waals surface area contributed by atoms with Crippen molar-refractivity contribution in [3.05, 3.63) is 0 Å². The fraction of sp³-hybridized carbons (Fsp3) is 1.00. The van der Waals surface area contributed by atoms with Gasteiger partial charge in [0.25, 0.3) is 0 Å². The lowest BCUT2D eigenvalue weighted by molar-refractivity contribution is -0.0117. The molecule has 2 aliphatic heterocycles. The predicted molar refractivity (Wildman–Crippen MR) is 66.8 cm³/mol. The second-order valence-corrected chi connectivity index (χ2v) is 6.12. The van der Waals surface area contributed by atoms with Crippen molar-refractivity contribution in [2.45, 2.75) is 47.4 Å². The molecule has 10 nitrogen and oxygen atoms in total. The zero-order valence-corrected chi connectivity index (χ0v) is 11.3. The second kappa shape index (κ2) is 2.77.